The highest BCUT2D eigenvalue weighted by atomic mass is 32.2. The van der Waals surface area contributed by atoms with E-state index in [9.17, 15) is 13.5 Å². The minimum atomic E-state index is -3.60. The molecule has 6 nitrogen and oxygen atoms in total. The smallest absolute Gasteiger partial charge is 0.244 e. The van der Waals surface area contributed by atoms with Crippen molar-refractivity contribution in [2.45, 2.75) is 43.2 Å². The van der Waals surface area contributed by atoms with E-state index in [1.807, 2.05) is 0 Å². The van der Waals surface area contributed by atoms with Crippen LogP contribution >= 0.6 is 0 Å². The number of aliphatic hydroxyl groups excluding tert-OH is 1. The summed E-state index contributed by atoms with van der Waals surface area (Å²) < 4.78 is 26.7. The fraction of sp³-hybridized carbons (Fsp3) is 0.615. The van der Waals surface area contributed by atoms with Gasteiger partial charge in [0.05, 0.1) is 12.3 Å². The highest BCUT2D eigenvalue weighted by molar-refractivity contribution is 7.89. The molecule has 20 heavy (non-hydrogen) atoms. The van der Waals surface area contributed by atoms with Gasteiger partial charge in [0.2, 0.25) is 10.0 Å². The molecule has 0 amide bonds. The second-order valence-corrected chi connectivity index (χ2v) is 6.88. The van der Waals surface area contributed by atoms with Gasteiger partial charge in [0, 0.05) is 25.3 Å². The fourth-order valence-electron chi connectivity index (χ4n) is 2.47. The van der Waals surface area contributed by atoms with Crippen molar-refractivity contribution in [3.63, 3.8) is 0 Å². The van der Waals surface area contributed by atoms with Crippen LogP contribution in [0.25, 0.3) is 0 Å². The Labute approximate surface area is 119 Å². The number of pyridine rings is 1. The van der Waals surface area contributed by atoms with E-state index in [4.69, 9.17) is 5.73 Å². The monoisotopic (exact) mass is 299 g/mol. The standard InChI is InChI=1S/C13H21N3O3S/c14-8-11-5-6-13(9-15-11)20(18,19)16-7-3-1-2-4-12(16)10-17/h5-6,9,12,17H,1-4,7-8,10,14H2. The minimum absolute atomic E-state index is 0.145. The summed E-state index contributed by atoms with van der Waals surface area (Å²) in [6.07, 6.45) is 4.80. The summed E-state index contributed by atoms with van der Waals surface area (Å²) in [5.74, 6) is 0. The van der Waals surface area contributed by atoms with Gasteiger partial charge in [-0.2, -0.15) is 4.31 Å². The quantitative estimate of drug-likeness (QED) is 0.842. The summed E-state index contributed by atoms with van der Waals surface area (Å²) in [6.45, 7) is 0.586. The molecule has 0 saturated carbocycles. The molecular formula is C13H21N3O3S. The summed E-state index contributed by atoms with van der Waals surface area (Å²) in [4.78, 5) is 4.20. The Morgan fingerprint density at radius 2 is 2.15 bits per heavy atom. The molecule has 0 radical (unpaired) electrons. The highest BCUT2D eigenvalue weighted by Crippen LogP contribution is 2.24. The van der Waals surface area contributed by atoms with Gasteiger partial charge in [-0.15, -0.1) is 0 Å². The molecule has 0 aromatic carbocycles. The molecule has 1 aromatic rings. The molecule has 1 aromatic heterocycles. The van der Waals surface area contributed by atoms with Crippen LogP contribution in [0.4, 0.5) is 0 Å². The lowest BCUT2D eigenvalue weighted by molar-refractivity contribution is 0.186. The second-order valence-electron chi connectivity index (χ2n) is 4.99. The SMILES string of the molecule is NCc1ccc(S(=O)(=O)N2CCCCCC2CO)cn1. The first kappa shape index (κ1) is 15.4. The maximum Gasteiger partial charge on any atom is 0.244 e. The van der Waals surface area contributed by atoms with Crippen LogP contribution < -0.4 is 5.73 Å². The Morgan fingerprint density at radius 3 is 2.75 bits per heavy atom. The number of aliphatic hydroxyl groups is 1. The van der Waals surface area contributed by atoms with Crippen molar-refractivity contribution in [3.05, 3.63) is 24.0 Å². The van der Waals surface area contributed by atoms with Crippen molar-refractivity contribution in [3.8, 4) is 0 Å². The maximum absolute atomic E-state index is 12.7. The van der Waals surface area contributed by atoms with E-state index in [1.165, 1.54) is 16.6 Å². The van der Waals surface area contributed by atoms with Gasteiger partial charge in [-0.1, -0.05) is 12.8 Å². The van der Waals surface area contributed by atoms with E-state index >= 15 is 0 Å². The van der Waals surface area contributed by atoms with Crippen LogP contribution in [0.3, 0.4) is 0 Å². The van der Waals surface area contributed by atoms with Gasteiger partial charge in [0.25, 0.3) is 0 Å². The third-order valence-corrected chi connectivity index (χ3v) is 5.58. The first-order valence-corrected chi connectivity index (χ1v) is 8.31. The van der Waals surface area contributed by atoms with Gasteiger partial charge >= 0.3 is 0 Å². The number of rotatable bonds is 4. The molecule has 1 aliphatic heterocycles. The zero-order valence-electron chi connectivity index (χ0n) is 11.4. The first-order valence-electron chi connectivity index (χ1n) is 6.87. The first-order chi connectivity index (χ1) is 9.59. The van der Waals surface area contributed by atoms with Crippen molar-refractivity contribution in [2.24, 2.45) is 5.73 Å². The molecule has 1 atom stereocenters. The van der Waals surface area contributed by atoms with Crippen LogP contribution in [0.5, 0.6) is 0 Å². The number of nitrogens with two attached hydrogens (primary N) is 1. The molecule has 2 rings (SSSR count). The average Bonchev–Trinajstić information content (AvgIpc) is 2.73. The molecule has 7 heteroatoms. The van der Waals surface area contributed by atoms with Crippen molar-refractivity contribution in [1.29, 1.82) is 0 Å². The maximum atomic E-state index is 12.7. The topological polar surface area (TPSA) is 96.5 Å². The van der Waals surface area contributed by atoms with E-state index in [1.54, 1.807) is 6.07 Å². The largest absolute Gasteiger partial charge is 0.395 e. The molecule has 1 saturated heterocycles. The highest BCUT2D eigenvalue weighted by Gasteiger charge is 2.32. The summed E-state index contributed by atoms with van der Waals surface area (Å²) in [5, 5.41) is 9.44. The summed E-state index contributed by atoms with van der Waals surface area (Å²) in [6, 6.07) is 2.82. The van der Waals surface area contributed by atoms with Gasteiger partial charge in [-0.3, -0.25) is 4.98 Å². The van der Waals surface area contributed by atoms with E-state index < -0.39 is 10.0 Å². The van der Waals surface area contributed by atoms with Crippen LogP contribution in [-0.4, -0.2) is 42.0 Å². The number of aromatic nitrogens is 1. The summed E-state index contributed by atoms with van der Waals surface area (Å²) in [7, 11) is -3.60. The predicted octanol–water partition coefficient (Wildman–Crippen LogP) is 0.466. The van der Waals surface area contributed by atoms with Crippen LogP contribution in [0, 0.1) is 0 Å². The number of sulfonamides is 1. The van der Waals surface area contributed by atoms with Gasteiger partial charge in [-0.25, -0.2) is 8.42 Å². The van der Waals surface area contributed by atoms with Crippen LogP contribution in [-0.2, 0) is 16.6 Å². The molecular weight excluding hydrogens is 278 g/mol. The van der Waals surface area contributed by atoms with E-state index in [0.717, 1.165) is 19.3 Å². The van der Waals surface area contributed by atoms with Crippen LogP contribution in [0.1, 0.15) is 31.4 Å². The van der Waals surface area contributed by atoms with Gasteiger partial charge in [-0.05, 0) is 25.0 Å². The lowest BCUT2D eigenvalue weighted by atomic mass is 10.1. The Kier molecular flexibility index (Phi) is 5.09. The number of nitrogens with zero attached hydrogens (tertiary/aromatic N) is 2. The van der Waals surface area contributed by atoms with Crippen molar-refractivity contribution in [2.75, 3.05) is 13.2 Å². The third kappa shape index (κ3) is 3.17. The number of hydrogen-bond donors (Lipinski definition) is 2. The van der Waals surface area contributed by atoms with Crippen molar-refractivity contribution >= 4 is 10.0 Å². The van der Waals surface area contributed by atoms with Crippen LogP contribution in [0.2, 0.25) is 0 Å². The van der Waals surface area contributed by atoms with Crippen LogP contribution in [0.15, 0.2) is 23.2 Å². The Hall–Kier alpha value is -1.02. The molecule has 0 spiro atoms. The minimum Gasteiger partial charge on any atom is -0.395 e. The third-order valence-electron chi connectivity index (χ3n) is 3.65. The molecule has 1 unspecified atom stereocenters. The van der Waals surface area contributed by atoms with Gasteiger partial charge in [0.15, 0.2) is 0 Å². The number of hydrogen-bond acceptors (Lipinski definition) is 5. The molecule has 112 valence electrons. The molecule has 2 heterocycles. The van der Waals surface area contributed by atoms with Gasteiger partial charge in [0.1, 0.15) is 4.90 Å². The molecule has 0 bridgehead atoms. The zero-order valence-corrected chi connectivity index (χ0v) is 12.2. The molecule has 1 fully saturated rings. The van der Waals surface area contributed by atoms with E-state index in [-0.39, 0.29) is 24.1 Å². The normalized spacial score (nSPS) is 21.6. The van der Waals surface area contributed by atoms with E-state index in [2.05, 4.69) is 4.98 Å². The van der Waals surface area contributed by atoms with Gasteiger partial charge < -0.3 is 10.8 Å². The lowest BCUT2D eigenvalue weighted by Gasteiger charge is -2.27. The predicted molar refractivity (Wildman–Crippen MR) is 75.4 cm³/mol. The zero-order chi connectivity index (χ0) is 14.6. The second kappa shape index (κ2) is 6.62. The Bertz CT molecular complexity index is 530. The van der Waals surface area contributed by atoms with E-state index in [0.29, 0.717) is 18.7 Å². The Balaban J connectivity index is 2.30. The lowest BCUT2D eigenvalue weighted by Crippen LogP contribution is -2.42. The average molecular weight is 299 g/mol. The van der Waals surface area contributed by atoms with Crippen molar-refractivity contribution in [1.82, 2.24) is 9.29 Å². The summed E-state index contributed by atoms with van der Waals surface area (Å²) in [5.41, 5.74) is 6.11. The Morgan fingerprint density at radius 1 is 1.35 bits per heavy atom. The van der Waals surface area contributed by atoms with Crippen molar-refractivity contribution < 1.29 is 13.5 Å². The summed E-state index contributed by atoms with van der Waals surface area (Å²) >= 11 is 0. The fourth-order valence-corrected chi connectivity index (χ4v) is 4.10. The molecule has 1 aliphatic rings. The molecule has 3 N–H and O–H groups in total. The molecule has 0 aliphatic carbocycles.